The number of nitrogens with zero attached hydrogens (tertiary/aromatic N) is 1. The molecule has 0 unspecified atom stereocenters. The summed E-state index contributed by atoms with van der Waals surface area (Å²) in [6, 6.07) is 5.61. The highest BCUT2D eigenvalue weighted by molar-refractivity contribution is 6.09. The first-order valence-corrected chi connectivity index (χ1v) is 5.78. The van der Waals surface area contributed by atoms with Gasteiger partial charge in [0.15, 0.2) is 5.78 Å². The molecule has 0 aliphatic heterocycles. The van der Waals surface area contributed by atoms with Gasteiger partial charge in [-0.1, -0.05) is 17.2 Å². The molecule has 0 radical (unpaired) electrons. The third kappa shape index (κ3) is 2.01. The molecule has 0 atom stereocenters. The molecule has 0 aliphatic rings. The summed E-state index contributed by atoms with van der Waals surface area (Å²) < 4.78 is 1.32. The summed E-state index contributed by atoms with van der Waals surface area (Å²) in [5, 5.41) is 2.84. The maximum absolute atomic E-state index is 12.4. The molecule has 0 aliphatic carbocycles. The highest BCUT2D eigenvalue weighted by Crippen LogP contribution is 2.13. The Morgan fingerprint density at radius 1 is 1.11 bits per heavy atom. The number of hydrogen-bond acceptors (Lipinski definition) is 2. The van der Waals surface area contributed by atoms with E-state index in [0.29, 0.717) is 11.3 Å². The van der Waals surface area contributed by atoms with Crippen LogP contribution in [0.1, 0.15) is 32.7 Å². The zero-order valence-electron chi connectivity index (χ0n) is 11.0. The summed E-state index contributed by atoms with van der Waals surface area (Å²) >= 11 is 0. The fourth-order valence-corrected chi connectivity index (χ4v) is 2.20. The Morgan fingerprint density at radius 2 is 1.67 bits per heavy atom. The van der Waals surface area contributed by atoms with Gasteiger partial charge in [-0.2, -0.15) is 0 Å². The van der Waals surface area contributed by atoms with Gasteiger partial charge in [-0.3, -0.25) is 19.4 Å². The van der Waals surface area contributed by atoms with Crippen molar-refractivity contribution in [3.8, 4) is 0 Å². The van der Waals surface area contributed by atoms with Crippen molar-refractivity contribution in [1.82, 2.24) is 9.78 Å². The molecule has 1 heterocycles. The van der Waals surface area contributed by atoms with Crippen LogP contribution < -0.4 is 5.56 Å². The topological polar surface area (TPSA) is 54.9 Å². The molecule has 94 valence electrons. The van der Waals surface area contributed by atoms with Crippen LogP contribution in [0.4, 0.5) is 0 Å². The van der Waals surface area contributed by atoms with Gasteiger partial charge >= 0.3 is 0 Å². The van der Waals surface area contributed by atoms with E-state index in [9.17, 15) is 9.59 Å². The molecule has 2 aromatic rings. The summed E-state index contributed by atoms with van der Waals surface area (Å²) in [5.41, 5.74) is 3.14. The Labute approximate surface area is 105 Å². The first kappa shape index (κ1) is 12.4. The fourth-order valence-electron chi connectivity index (χ4n) is 2.20. The number of aromatic nitrogens is 2. The van der Waals surface area contributed by atoms with Crippen molar-refractivity contribution in [2.45, 2.75) is 20.8 Å². The Morgan fingerprint density at radius 3 is 2.11 bits per heavy atom. The average Bonchev–Trinajstić information content (AvgIpc) is 2.51. The lowest BCUT2D eigenvalue weighted by molar-refractivity contribution is 0.103. The van der Waals surface area contributed by atoms with Crippen molar-refractivity contribution < 1.29 is 4.79 Å². The third-order valence-electron chi connectivity index (χ3n) is 2.94. The SMILES string of the molecule is Cc1cc(C)cc(C(=O)c2c(C)[nH]n(C)c2=O)c1. The Kier molecular flexibility index (Phi) is 2.95. The second-order valence-electron chi connectivity index (χ2n) is 4.68. The van der Waals surface area contributed by atoms with E-state index in [1.165, 1.54) is 4.68 Å². The van der Waals surface area contributed by atoms with E-state index in [4.69, 9.17) is 0 Å². The Bertz CT molecular complexity index is 657. The van der Waals surface area contributed by atoms with E-state index >= 15 is 0 Å². The second kappa shape index (κ2) is 4.29. The normalized spacial score (nSPS) is 10.7. The van der Waals surface area contributed by atoms with Gasteiger partial charge in [0.25, 0.3) is 5.56 Å². The number of carbonyl (C=O) groups excluding carboxylic acids is 1. The number of nitrogens with one attached hydrogen (secondary N) is 1. The van der Waals surface area contributed by atoms with Crippen molar-refractivity contribution in [2.75, 3.05) is 0 Å². The van der Waals surface area contributed by atoms with Crippen LogP contribution in [0.5, 0.6) is 0 Å². The molecule has 1 aromatic carbocycles. The molecule has 0 saturated carbocycles. The molecule has 0 bridgehead atoms. The van der Waals surface area contributed by atoms with Crippen molar-refractivity contribution in [3.05, 3.63) is 56.5 Å². The van der Waals surface area contributed by atoms with Crippen molar-refractivity contribution in [3.63, 3.8) is 0 Å². The summed E-state index contributed by atoms with van der Waals surface area (Å²) in [4.78, 5) is 24.3. The fraction of sp³-hybridized carbons (Fsp3) is 0.286. The molecule has 18 heavy (non-hydrogen) atoms. The standard InChI is InChI=1S/C14H16N2O2/c1-8-5-9(2)7-11(6-8)13(17)12-10(3)15-16(4)14(12)18/h5-7,15H,1-4H3. The summed E-state index contributed by atoms with van der Waals surface area (Å²) in [6.07, 6.45) is 0. The number of hydrogen-bond donors (Lipinski definition) is 1. The average molecular weight is 244 g/mol. The van der Waals surface area contributed by atoms with Gasteiger partial charge in [0.2, 0.25) is 0 Å². The van der Waals surface area contributed by atoms with Crippen LogP contribution in [0.3, 0.4) is 0 Å². The lowest BCUT2D eigenvalue weighted by Gasteiger charge is -2.03. The smallest absolute Gasteiger partial charge is 0.277 e. The van der Waals surface area contributed by atoms with E-state index in [1.807, 2.05) is 19.9 Å². The van der Waals surface area contributed by atoms with Gasteiger partial charge in [-0.15, -0.1) is 0 Å². The number of aryl methyl sites for hydroxylation is 4. The maximum atomic E-state index is 12.4. The van der Waals surface area contributed by atoms with Crippen molar-refractivity contribution in [2.24, 2.45) is 7.05 Å². The number of H-pyrrole nitrogens is 1. The molecule has 1 N–H and O–H groups in total. The monoisotopic (exact) mass is 244 g/mol. The molecule has 0 fully saturated rings. The van der Waals surface area contributed by atoms with Gasteiger partial charge in [0.05, 0.1) is 0 Å². The molecular weight excluding hydrogens is 228 g/mol. The lowest BCUT2D eigenvalue weighted by atomic mass is 10.00. The predicted octanol–water partition coefficient (Wildman–Crippen LogP) is 1.87. The van der Waals surface area contributed by atoms with Crippen molar-refractivity contribution >= 4 is 5.78 Å². The van der Waals surface area contributed by atoms with Crippen LogP contribution in [-0.2, 0) is 7.05 Å². The minimum atomic E-state index is -0.281. The van der Waals surface area contributed by atoms with E-state index in [-0.39, 0.29) is 16.9 Å². The minimum Gasteiger partial charge on any atom is -0.299 e. The van der Waals surface area contributed by atoms with Gasteiger partial charge in [-0.25, -0.2) is 0 Å². The van der Waals surface area contributed by atoms with Crippen LogP contribution in [0, 0.1) is 20.8 Å². The summed E-state index contributed by atoms with van der Waals surface area (Å²) in [7, 11) is 1.60. The first-order valence-electron chi connectivity index (χ1n) is 5.78. The van der Waals surface area contributed by atoms with Crippen LogP contribution >= 0.6 is 0 Å². The number of aromatic amines is 1. The molecule has 2 rings (SSSR count). The van der Waals surface area contributed by atoms with Gasteiger partial charge in [0.1, 0.15) is 5.56 Å². The molecule has 0 amide bonds. The number of ketones is 1. The van der Waals surface area contributed by atoms with Crippen LogP contribution in [0.15, 0.2) is 23.0 Å². The van der Waals surface area contributed by atoms with Crippen LogP contribution in [0.25, 0.3) is 0 Å². The van der Waals surface area contributed by atoms with Crippen LogP contribution in [0.2, 0.25) is 0 Å². The van der Waals surface area contributed by atoms with Gasteiger partial charge in [-0.05, 0) is 32.9 Å². The largest absolute Gasteiger partial charge is 0.299 e. The Hall–Kier alpha value is -2.10. The summed E-state index contributed by atoms with van der Waals surface area (Å²) in [5.74, 6) is -0.221. The Balaban J connectivity index is 2.58. The zero-order valence-corrected chi connectivity index (χ0v) is 11.0. The number of benzene rings is 1. The molecule has 0 spiro atoms. The number of carbonyl (C=O) groups is 1. The second-order valence-corrected chi connectivity index (χ2v) is 4.68. The van der Waals surface area contributed by atoms with Crippen molar-refractivity contribution in [1.29, 1.82) is 0 Å². The van der Waals surface area contributed by atoms with E-state index in [2.05, 4.69) is 5.10 Å². The molecule has 4 nitrogen and oxygen atoms in total. The van der Waals surface area contributed by atoms with Crippen LogP contribution in [-0.4, -0.2) is 15.6 Å². The minimum absolute atomic E-state index is 0.221. The van der Waals surface area contributed by atoms with E-state index in [1.54, 1.807) is 26.1 Å². The van der Waals surface area contributed by atoms with Gasteiger partial charge in [0, 0.05) is 18.3 Å². The summed E-state index contributed by atoms with van der Waals surface area (Å²) in [6.45, 7) is 5.61. The highest BCUT2D eigenvalue weighted by Gasteiger charge is 2.19. The zero-order chi connectivity index (χ0) is 13.4. The maximum Gasteiger partial charge on any atom is 0.277 e. The molecule has 4 heteroatoms. The first-order chi connectivity index (χ1) is 8.40. The molecule has 1 aromatic heterocycles. The van der Waals surface area contributed by atoms with Gasteiger partial charge < -0.3 is 0 Å². The highest BCUT2D eigenvalue weighted by atomic mass is 16.2. The quantitative estimate of drug-likeness (QED) is 0.820. The molecular formula is C14H16N2O2. The third-order valence-corrected chi connectivity index (χ3v) is 2.94. The van der Waals surface area contributed by atoms with E-state index in [0.717, 1.165) is 11.1 Å². The number of rotatable bonds is 2. The van der Waals surface area contributed by atoms with E-state index < -0.39 is 0 Å². The predicted molar refractivity (Wildman–Crippen MR) is 70.1 cm³/mol. The molecule has 0 saturated heterocycles. The lowest BCUT2D eigenvalue weighted by Crippen LogP contribution is -2.19.